The van der Waals surface area contributed by atoms with Crippen LogP contribution in [0.2, 0.25) is 0 Å². The van der Waals surface area contributed by atoms with E-state index >= 15 is 0 Å². The molecular weight excluding hydrogens is 266 g/mol. The van der Waals surface area contributed by atoms with E-state index in [9.17, 15) is 4.79 Å². The average molecular weight is 295 g/mol. The summed E-state index contributed by atoms with van der Waals surface area (Å²) in [7, 11) is 0. The molecule has 120 valence electrons. The van der Waals surface area contributed by atoms with Crippen LogP contribution < -0.4 is 5.32 Å². The Bertz CT molecular complexity index is 484. The van der Waals surface area contributed by atoms with Crippen molar-refractivity contribution in [3.8, 4) is 0 Å². The van der Waals surface area contributed by atoms with Crippen LogP contribution >= 0.6 is 0 Å². The number of carbonyl (C=O) groups is 1. The summed E-state index contributed by atoms with van der Waals surface area (Å²) in [5.41, 5.74) is -0.572. The highest BCUT2D eigenvalue weighted by molar-refractivity contribution is 5.82. The highest BCUT2D eigenvalue weighted by Crippen LogP contribution is 2.27. The first-order valence-corrected chi connectivity index (χ1v) is 7.58. The van der Waals surface area contributed by atoms with Gasteiger partial charge >= 0.3 is 0 Å². The topological polar surface area (TPSA) is 68.0 Å². The van der Waals surface area contributed by atoms with Gasteiger partial charge in [0.2, 0.25) is 11.8 Å². The van der Waals surface area contributed by atoms with Crippen molar-refractivity contribution in [2.75, 3.05) is 0 Å². The van der Waals surface area contributed by atoms with E-state index in [4.69, 9.17) is 4.52 Å². The van der Waals surface area contributed by atoms with Gasteiger partial charge in [-0.25, -0.2) is 0 Å². The van der Waals surface area contributed by atoms with Crippen LogP contribution in [0.3, 0.4) is 0 Å². The van der Waals surface area contributed by atoms with Gasteiger partial charge in [0.15, 0.2) is 5.82 Å². The molecule has 0 aliphatic heterocycles. The molecule has 0 fully saturated rings. The van der Waals surface area contributed by atoms with Crippen molar-refractivity contribution in [2.45, 2.75) is 73.3 Å². The minimum atomic E-state index is -0.407. The molecule has 0 saturated heterocycles. The van der Waals surface area contributed by atoms with E-state index in [-0.39, 0.29) is 17.4 Å². The maximum atomic E-state index is 12.4. The number of hydrogen-bond acceptors (Lipinski definition) is 4. The fourth-order valence-electron chi connectivity index (χ4n) is 2.28. The Morgan fingerprint density at radius 2 is 1.76 bits per heavy atom. The van der Waals surface area contributed by atoms with Gasteiger partial charge < -0.3 is 9.84 Å². The highest BCUT2D eigenvalue weighted by atomic mass is 16.5. The first-order valence-electron chi connectivity index (χ1n) is 7.58. The minimum absolute atomic E-state index is 0.0132. The molecule has 0 aliphatic rings. The Kier molecular flexibility index (Phi) is 5.18. The van der Waals surface area contributed by atoms with Gasteiger partial charge in [-0.15, -0.1) is 0 Å². The molecule has 1 rings (SSSR count). The van der Waals surface area contributed by atoms with E-state index in [1.54, 1.807) is 0 Å². The molecule has 1 aromatic heterocycles. The van der Waals surface area contributed by atoms with Gasteiger partial charge in [0, 0.05) is 10.8 Å². The van der Waals surface area contributed by atoms with Crippen molar-refractivity contribution in [3.63, 3.8) is 0 Å². The van der Waals surface area contributed by atoms with Crippen LogP contribution in [0.15, 0.2) is 4.52 Å². The molecule has 1 unspecified atom stereocenters. The number of amides is 1. The summed E-state index contributed by atoms with van der Waals surface area (Å²) in [5, 5.41) is 6.96. The van der Waals surface area contributed by atoms with Crippen molar-refractivity contribution in [1.82, 2.24) is 15.5 Å². The zero-order valence-corrected chi connectivity index (χ0v) is 14.6. The van der Waals surface area contributed by atoms with Gasteiger partial charge in [0.05, 0.1) is 0 Å². The zero-order chi connectivity index (χ0) is 16.4. The number of nitrogens with zero attached hydrogens (tertiary/aromatic N) is 2. The SMILES string of the molecule is CC(C)CC(C)(C)C(=O)NC(C)c1nc(C(C)(C)C)no1. The van der Waals surface area contributed by atoms with E-state index in [1.165, 1.54) is 0 Å². The van der Waals surface area contributed by atoms with Crippen LogP contribution in [0.1, 0.15) is 79.6 Å². The molecule has 0 saturated carbocycles. The molecule has 0 bridgehead atoms. The summed E-state index contributed by atoms with van der Waals surface area (Å²) in [6, 6.07) is -0.285. The lowest BCUT2D eigenvalue weighted by molar-refractivity contribution is -0.131. The Hall–Kier alpha value is -1.39. The fourth-order valence-corrected chi connectivity index (χ4v) is 2.28. The lowest BCUT2D eigenvalue weighted by atomic mass is 9.83. The van der Waals surface area contributed by atoms with Crippen LogP contribution in [-0.2, 0) is 10.2 Å². The Morgan fingerprint density at radius 1 is 1.19 bits per heavy atom. The van der Waals surface area contributed by atoms with Gasteiger partial charge in [-0.2, -0.15) is 4.98 Å². The molecule has 0 radical (unpaired) electrons. The van der Waals surface area contributed by atoms with E-state index in [0.717, 1.165) is 6.42 Å². The lowest BCUT2D eigenvalue weighted by Gasteiger charge is -2.26. The molecule has 1 amide bonds. The summed E-state index contributed by atoms with van der Waals surface area (Å²) in [6.07, 6.45) is 0.836. The van der Waals surface area contributed by atoms with Gasteiger partial charge in [-0.1, -0.05) is 53.6 Å². The summed E-state index contributed by atoms with van der Waals surface area (Å²) in [6.45, 7) is 16.1. The summed E-state index contributed by atoms with van der Waals surface area (Å²) >= 11 is 0. The van der Waals surface area contributed by atoms with Crippen molar-refractivity contribution >= 4 is 5.91 Å². The lowest BCUT2D eigenvalue weighted by Crippen LogP contribution is -2.39. The number of rotatable bonds is 5. The van der Waals surface area contributed by atoms with Crippen molar-refractivity contribution in [1.29, 1.82) is 0 Å². The molecular formula is C16H29N3O2. The maximum absolute atomic E-state index is 12.4. The van der Waals surface area contributed by atoms with Crippen LogP contribution in [0.5, 0.6) is 0 Å². The summed E-state index contributed by atoms with van der Waals surface area (Å²) in [4.78, 5) is 16.8. The monoisotopic (exact) mass is 295 g/mol. The molecule has 1 heterocycles. The van der Waals surface area contributed by atoms with Crippen molar-refractivity contribution < 1.29 is 9.32 Å². The van der Waals surface area contributed by atoms with Gasteiger partial charge in [-0.3, -0.25) is 4.79 Å². The third-order valence-electron chi connectivity index (χ3n) is 3.36. The van der Waals surface area contributed by atoms with Gasteiger partial charge in [0.25, 0.3) is 0 Å². The quantitative estimate of drug-likeness (QED) is 0.901. The van der Waals surface area contributed by atoms with E-state index in [2.05, 4.69) is 29.3 Å². The molecule has 1 N–H and O–H groups in total. The van der Waals surface area contributed by atoms with Crippen LogP contribution in [0.4, 0.5) is 0 Å². The normalized spacial score (nSPS) is 14.3. The van der Waals surface area contributed by atoms with Crippen LogP contribution in [0, 0.1) is 11.3 Å². The van der Waals surface area contributed by atoms with Crippen molar-refractivity contribution in [3.05, 3.63) is 11.7 Å². The summed E-state index contributed by atoms with van der Waals surface area (Å²) in [5.74, 6) is 1.59. The molecule has 1 aromatic rings. The van der Waals surface area contributed by atoms with Gasteiger partial charge in [-0.05, 0) is 19.3 Å². The van der Waals surface area contributed by atoms with E-state index in [0.29, 0.717) is 17.6 Å². The number of hydrogen-bond donors (Lipinski definition) is 1. The molecule has 0 spiro atoms. The Morgan fingerprint density at radius 3 is 2.19 bits per heavy atom. The van der Waals surface area contributed by atoms with E-state index in [1.807, 2.05) is 41.5 Å². The van der Waals surface area contributed by atoms with Crippen molar-refractivity contribution in [2.24, 2.45) is 11.3 Å². The van der Waals surface area contributed by atoms with E-state index < -0.39 is 5.41 Å². The maximum Gasteiger partial charge on any atom is 0.248 e. The average Bonchev–Trinajstić information content (AvgIpc) is 2.75. The molecule has 5 heteroatoms. The third kappa shape index (κ3) is 4.83. The standard InChI is InChI=1S/C16H29N3O2/c1-10(2)9-16(7,8)14(20)17-11(3)12-18-13(19-21-12)15(4,5)6/h10-11H,9H2,1-8H3,(H,17,20). The minimum Gasteiger partial charge on any atom is -0.344 e. The fraction of sp³-hybridized carbons (Fsp3) is 0.812. The largest absolute Gasteiger partial charge is 0.344 e. The number of carbonyl (C=O) groups excluding carboxylic acids is 1. The first-order chi connectivity index (χ1) is 9.43. The Balaban J connectivity index is 2.75. The molecule has 21 heavy (non-hydrogen) atoms. The second-order valence-corrected chi connectivity index (χ2v) is 7.88. The van der Waals surface area contributed by atoms with Crippen LogP contribution in [-0.4, -0.2) is 16.0 Å². The number of nitrogens with one attached hydrogen (secondary N) is 1. The second-order valence-electron chi connectivity index (χ2n) is 7.88. The first kappa shape index (κ1) is 17.7. The Labute approximate surface area is 127 Å². The zero-order valence-electron chi connectivity index (χ0n) is 14.6. The smallest absolute Gasteiger partial charge is 0.248 e. The number of aromatic nitrogens is 2. The predicted octanol–water partition coefficient (Wildman–Crippen LogP) is 3.62. The summed E-state index contributed by atoms with van der Waals surface area (Å²) < 4.78 is 5.27. The predicted molar refractivity (Wildman–Crippen MR) is 82.8 cm³/mol. The second kappa shape index (κ2) is 6.16. The third-order valence-corrected chi connectivity index (χ3v) is 3.36. The molecule has 0 aliphatic carbocycles. The molecule has 1 atom stereocenters. The van der Waals surface area contributed by atoms with Gasteiger partial charge in [0.1, 0.15) is 6.04 Å². The highest BCUT2D eigenvalue weighted by Gasteiger charge is 2.31. The molecule has 5 nitrogen and oxygen atoms in total. The van der Waals surface area contributed by atoms with Crippen LogP contribution in [0.25, 0.3) is 0 Å². The molecule has 0 aromatic carbocycles.